The average Bonchev–Trinajstić information content (AvgIpc) is 2.66. The molecule has 26 heavy (non-hydrogen) atoms. The molecule has 144 valence electrons. The quantitative estimate of drug-likeness (QED) is 0.834. The third kappa shape index (κ3) is 3.49. The Balaban J connectivity index is 2.23. The molecule has 3 rings (SSSR count). The molecule has 2 aliphatic rings. The predicted octanol–water partition coefficient (Wildman–Crippen LogP) is 0.909. The zero-order chi connectivity index (χ0) is 18.7. The summed E-state index contributed by atoms with van der Waals surface area (Å²) in [5, 5.41) is 11.3. The van der Waals surface area contributed by atoms with Crippen LogP contribution in [0.4, 0.5) is 0 Å². The SMILES string of the molecule is COC1(c2c(C)[nH]n(C)c(C3=CCOCC3)nn(C)c2=O)CCNCC1. The number of aromatic amines is 1. The van der Waals surface area contributed by atoms with E-state index < -0.39 is 5.60 Å². The van der Waals surface area contributed by atoms with E-state index >= 15 is 0 Å². The van der Waals surface area contributed by atoms with Gasteiger partial charge in [-0.25, -0.2) is 4.68 Å². The molecule has 2 N–H and O–H groups in total. The molecule has 1 saturated heterocycles. The van der Waals surface area contributed by atoms with Crippen LogP contribution in [0.1, 0.15) is 36.3 Å². The number of nitrogens with zero attached hydrogens (tertiary/aromatic N) is 3. The Morgan fingerprint density at radius 2 is 2.04 bits per heavy atom. The van der Waals surface area contributed by atoms with E-state index in [0.717, 1.165) is 49.4 Å². The van der Waals surface area contributed by atoms with E-state index in [-0.39, 0.29) is 5.56 Å². The standard InChI is InChI=1S/C18H29N5O3/c1-13-15(18(25-4)7-9-19-10-8-18)17(24)23(3)21-16(22(2)20-13)14-5-11-26-12-6-14/h5,19-20H,6-12H2,1-4H3. The van der Waals surface area contributed by atoms with Crippen molar-refractivity contribution in [3.63, 3.8) is 0 Å². The number of nitrogens with one attached hydrogen (secondary N) is 2. The number of ether oxygens (including phenoxy) is 2. The number of piperidine rings is 1. The summed E-state index contributed by atoms with van der Waals surface area (Å²) >= 11 is 0. The highest BCUT2D eigenvalue weighted by atomic mass is 16.5. The van der Waals surface area contributed by atoms with Crippen molar-refractivity contribution in [3.8, 4) is 0 Å². The van der Waals surface area contributed by atoms with Crippen LogP contribution in [0.5, 0.6) is 0 Å². The molecule has 3 heterocycles. The molecule has 0 amide bonds. The van der Waals surface area contributed by atoms with Crippen molar-refractivity contribution < 1.29 is 9.47 Å². The molecule has 0 spiro atoms. The van der Waals surface area contributed by atoms with Crippen LogP contribution in [-0.4, -0.2) is 53.0 Å². The van der Waals surface area contributed by atoms with E-state index in [0.29, 0.717) is 18.8 Å². The fourth-order valence-electron chi connectivity index (χ4n) is 3.87. The minimum Gasteiger partial charge on any atom is -0.377 e. The highest BCUT2D eigenvalue weighted by Crippen LogP contribution is 2.33. The fourth-order valence-corrected chi connectivity index (χ4v) is 3.87. The van der Waals surface area contributed by atoms with Crippen LogP contribution >= 0.6 is 0 Å². The summed E-state index contributed by atoms with van der Waals surface area (Å²) in [6.45, 7) is 4.80. The number of aryl methyl sites for hydroxylation is 3. The number of methoxy groups -OCH3 is 1. The minimum atomic E-state index is -0.598. The molecular weight excluding hydrogens is 334 g/mol. The second-order valence-electron chi connectivity index (χ2n) is 6.93. The van der Waals surface area contributed by atoms with Crippen LogP contribution < -0.4 is 10.9 Å². The fraction of sp³-hybridized carbons (Fsp3) is 0.667. The smallest absolute Gasteiger partial charge is 0.274 e. The van der Waals surface area contributed by atoms with Crippen LogP contribution in [0.3, 0.4) is 0 Å². The van der Waals surface area contributed by atoms with Gasteiger partial charge in [0.1, 0.15) is 5.60 Å². The van der Waals surface area contributed by atoms with Crippen molar-refractivity contribution in [1.29, 1.82) is 0 Å². The van der Waals surface area contributed by atoms with Gasteiger partial charge in [-0.05, 0) is 44.8 Å². The Kier molecular flexibility index (Phi) is 5.64. The predicted molar refractivity (Wildman–Crippen MR) is 99.4 cm³/mol. The Morgan fingerprint density at radius 3 is 2.65 bits per heavy atom. The molecule has 8 nitrogen and oxygen atoms in total. The zero-order valence-corrected chi connectivity index (χ0v) is 16.1. The highest BCUT2D eigenvalue weighted by molar-refractivity contribution is 5.60. The van der Waals surface area contributed by atoms with E-state index in [1.54, 1.807) is 14.2 Å². The van der Waals surface area contributed by atoms with Gasteiger partial charge < -0.3 is 19.9 Å². The maximum absolute atomic E-state index is 13.3. The van der Waals surface area contributed by atoms with Gasteiger partial charge in [-0.3, -0.25) is 9.48 Å². The first-order chi connectivity index (χ1) is 12.5. The largest absolute Gasteiger partial charge is 0.377 e. The molecule has 1 fully saturated rings. The summed E-state index contributed by atoms with van der Waals surface area (Å²) in [4.78, 5) is 13.3. The first-order valence-corrected chi connectivity index (χ1v) is 9.10. The topological polar surface area (TPSA) is 86.1 Å². The first-order valence-electron chi connectivity index (χ1n) is 9.10. The molecule has 0 bridgehead atoms. The molecule has 0 saturated carbocycles. The van der Waals surface area contributed by atoms with Gasteiger partial charge in [0, 0.05) is 26.9 Å². The van der Waals surface area contributed by atoms with Crippen molar-refractivity contribution in [2.45, 2.75) is 31.8 Å². The first kappa shape index (κ1) is 18.9. The molecule has 0 aliphatic carbocycles. The van der Waals surface area contributed by atoms with Gasteiger partial charge in [-0.2, -0.15) is 5.10 Å². The van der Waals surface area contributed by atoms with E-state index in [1.165, 1.54) is 4.68 Å². The van der Waals surface area contributed by atoms with Gasteiger partial charge >= 0.3 is 0 Å². The summed E-state index contributed by atoms with van der Waals surface area (Å²) in [5.41, 5.74) is 1.80. The van der Waals surface area contributed by atoms with Crippen LogP contribution in [0.2, 0.25) is 0 Å². The molecular formula is C18H29N5O3. The van der Waals surface area contributed by atoms with Gasteiger partial charge in [-0.15, -0.1) is 0 Å². The number of aromatic nitrogens is 4. The lowest BCUT2D eigenvalue weighted by molar-refractivity contribution is -0.0413. The Morgan fingerprint density at radius 1 is 1.31 bits per heavy atom. The second-order valence-corrected chi connectivity index (χ2v) is 6.93. The molecule has 0 atom stereocenters. The molecule has 0 aromatic carbocycles. The highest BCUT2D eigenvalue weighted by Gasteiger charge is 2.38. The number of hydrogen-bond donors (Lipinski definition) is 2. The number of rotatable bonds is 3. The summed E-state index contributed by atoms with van der Waals surface area (Å²) in [6.07, 6.45) is 4.29. The van der Waals surface area contributed by atoms with Crippen molar-refractivity contribution in [2.24, 2.45) is 14.1 Å². The summed E-state index contributed by atoms with van der Waals surface area (Å²) in [7, 11) is 5.31. The molecule has 2 aliphatic heterocycles. The molecule has 1 aromatic rings. The van der Waals surface area contributed by atoms with E-state index in [2.05, 4.69) is 15.5 Å². The second kappa shape index (κ2) is 7.77. The maximum Gasteiger partial charge on any atom is 0.274 e. The average molecular weight is 363 g/mol. The Hall–Kier alpha value is -1.90. The summed E-state index contributed by atoms with van der Waals surface area (Å²) in [6, 6.07) is 0. The molecule has 1 aromatic heterocycles. The van der Waals surface area contributed by atoms with E-state index in [9.17, 15) is 4.79 Å². The summed E-state index contributed by atoms with van der Waals surface area (Å²) in [5.74, 6) is 0.735. The van der Waals surface area contributed by atoms with Gasteiger partial charge in [0.2, 0.25) is 0 Å². The minimum absolute atomic E-state index is 0.128. The van der Waals surface area contributed by atoms with Crippen LogP contribution in [-0.2, 0) is 29.2 Å². The Labute approximate surface area is 153 Å². The van der Waals surface area contributed by atoms with Gasteiger partial charge in [-0.1, -0.05) is 6.08 Å². The van der Waals surface area contributed by atoms with Crippen LogP contribution in [0, 0.1) is 6.92 Å². The number of H-pyrrole nitrogens is 1. The van der Waals surface area contributed by atoms with Crippen molar-refractivity contribution in [3.05, 3.63) is 33.5 Å². The lowest BCUT2D eigenvalue weighted by atomic mass is 9.84. The Bertz CT molecular complexity index is 795. The van der Waals surface area contributed by atoms with E-state index in [4.69, 9.17) is 9.47 Å². The third-order valence-corrected chi connectivity index (χ3v) is 5.29. The lowest BCUT2D eigenvalue weighted by Gasteiger charge is -2.36. The monoisotopic (exact) mass is 363 g/mol. The van der Waals surface area contributed by atoms with Crippen molar-refractivity contribution >= 4 is 5.57 Å². The van der Waals surface area contributed by atoms with Gasteiger partial charge in [0.25, 0.3) is 5.56 Å². The molecule has 0 unspecified atom stereocenters. The normalized spacial score (nSPS) is 19.8. The molecule has 0 radical (unpaired) electrons. The van der Waals surface area contributed by atoms with Crippen LogP contribution in [0.25, 0.3) is 5.57 Å². The van der Waals surface area contributed by atoms with Crippen molar-refractivity contribution in [2.75, 3.05) is 33.4 Å². The van der Waals surface area contributed by atoms with Gasteiger partial charge in [0.05, 0.1) is 18.8 Å². The summed E-state index contributed by atoms with van der Waals surface area (Å²) < 4.78 is 14.6. The zero-order valence-electron chi connectivity index (χ0n) is 16.1. The van der Waals surface area contributed by atoms with Crippen molar-refractivity contribution in [1.82, 2.24) is 24.9 Å². The number of hydrogen-bond acceptors (Lipinski definition) is 5. The third-order valence-electron chi connectivity index (χ3n) is 5.29. The van der Waals surface area contributed by atoms with Crippen LogP contribution in [0.15, 0.2) is 10.9 Å². The lowest BCUT2D eigenvalue weighted by Crippen LogP contribution is -2.46. The van der Waals surface area contributed by atoms with Gasteiger partial charge in [0.15, 0.2) is 5.82 Å². The maximum atomic E-state index is 13.3. The molecule has 8 heteroatoms. The van der Waals surface area contributed by atoms with E-state index in [1.807, 2.05) is 24.7 Å².